The predicted octanol–water partition coefficient (Wildman–Crippen LogP) is 1.65. The molecule has 0 bridgehead atoms. The number of nitrogens with two attached hydrogens (primary N) is 1. The Morgan fingerprint density at radius 2 is 2.15 bits per heavy atom. The van der Waals surface area contributed by atoms with E-state index in [0.717, 1.165) is 5.76 Å². The third kappa shape index (κ3) is 4.31. The van der Waals surface area contributed by atoms with Gasteiger partial charge in [0.05, 0.1) is 19.6 Å². The van der Waals surface area contributed by atoms with E-state index in [9.17, 15) is 4.79 Å². The summed E-state index contributed by atoms with van der Waals surface area (Å²) < 4.78 is 10.3. The van der Waals surface area contributed by atoms with Crippen LogP contribution in [-0.4, -0.2) is 17.7 Å². The van der Waals surface area contributed by atoms with Crippen LogP contribution in [0.3, 0.4) is 0 Å². The molecule has 1 aromatic heterocycles. The molecule has 6 nitrogen and oxygen atoms in total. The molecule has 0 saturated carbocycles. The van der Waals surface area contributed by atoms with Gasteiger partial charge in [-0.25, -0.2) is 0 Å². The topological polar surface area (TPSA) is 90.4 Å². The Hall–Kier alpha value is -2.50. The van der Waals surface area contributed by atoms with E-state index in [1.165, 1.54) is 0 Å². The highest BCUT2D eigenvalue weighted by molar-refractivity contribution is 5.75. The number of anilines is 1. The van der Waals surface area contributed by atoms with Gasteiger partial charge in [-0.05, 0) is 31.2 Å². The highest BCUT2D eigenvalue weighted by atomic mass is 16.5. The second-order valence-electron chi connectivity index (χ2n) is 4.37. The van der Waals surface area contributed by atoms with Crippen LogP contribution in [0.5, 0.6) is 5.75 Å². The Labute approximate surface area is 116 Å². The first-order valence-corrected chi connectivity index (χ1v) is 6.31. The van der Waals surface area contributed by atoms with E-state index in [1.54, 1.807) is 37.3 Å². The molecular formula is C14H17N3O3. The molecule has 2 aromatic rings. The smallest absolute Gasteiger partial charge is 0.223 e. The number of carbonyl (C=O) groups excluding carboxylic acids is 1. The zero-order chi connectivity index (χ0) is 14.4. The van der Waals surface area contributed by atoms with Gasteiger partial charge in [0.2, 0.25) is 5.91 Å². The number of carbonyl (C=O) groups is 1. The fourth-order valence-corrected chi connectivity index (χ4v) is 1.60. The molecule has 0 unspecified atom stereocenters. The van der Waals surface area contributed by atoms with Gasteiger partial charge in [0.25, 0.3) is 0 Å². The monoisotopic (exact) mass is 275 g/mol. The molecule has 0 aliphatic heterocycles. The number of nitrogen functional groups attached to an aromatic ring is 1. The fourth-order valence-electron chi connectivity index (χ4n) is 1.60. The van der Waals surface area contributed by atoms with E-state index in [4.69, 9.17) is 15.0 Å². The second kappa shape index (κ2) is 6.60. The lowest BCUT2D eigenvalue weighted by Crippen LogP contribution is -2.24. The van der Waals surface area contributed by atoms with Crippen LogP contribution in [0.4, 0.5) is 5.69 Å². The molecule has 1 amide bonds. The molecule has 0 aliphatic carbocycles. The number of nitrogens with zero attached hydrogens (tertiary/aromatic N) is 1. The van der Waals surface area contributed by atoms with Gasteiger partial charge in [-0.2, -0.15) is 0 Å². The maximum absolute atomic E-state index is 11.6. The van der Waals surface area contributed by atoms with E-state index in [2.05, 4.69) is 10.5 Å². The SMILES string of the molecule is Cc1cc(CNC(=O)CCOc2ccc(N)cc2)no1. The molecular weight excluding hydrogens is 258 g/mol. The lowest BCUT2D eigenvalue weighted by atomic mass is 10.3. The molecule has 1 heterocycles. The molecule has 2 rings (SSSR count). The quantitative estimate of drug-likeness (QED) is 0.782. The van der Waals surface area contributed by atoms with Crippen molar-refractivity contribution in [2.75, 3.05) is 12.3 Å². The minimum absolute atomic E-state index is 0.0962. The maximum Gasteiger partial charge on any atom is 0.223 e. The van der Waals surface area contributed by atoms with Crippen molar-refractivity contribution in [3.05, 3.63) is 41.8 Å². The van der Waals surface area contributed by atoms with Gasteiger partial charge in [0, 0.05) is 11.8 Å². The minimum atomic E-state index is -0.0962. The number of aryl methyl sites for hydroxylation is 1. The molecule has 1 aromatic carbocycles. The largest absolute Gasteiger partial charge is 0.493 e. The summed E-state index contributed by atoms with van der Waals surface area (Å²) in [4.78, 5) is 11.6. The molecule has 6 heteroatoms. The van der Waals surface area contributed by atoms with Crippen molar-refractivity contribution in [2.24, 2.45) is 0 Å². The summed E-state index contributed by atoms with van der Waals surface area (Å²) in [6.07, 6.45) is 0.279. The van der Waals surface area contributed by atoms with Crippen molar-refractivity contribution in [3.63, 3.8) is 0 Å². The number of hydrogen-bond acceptors (Lipinski definition) is 5. The Morgan fingerprint density at radius 3 is 2.80 bits per heavy atom. The summed E-state index contributed by atoms with van der Waals surface area (Å²) in [5.74, 6) is 1.32. The number of nitrogens with one attached hydrogen (secondary N) is 1. The van der Waals surface area contributed by atoms with Gasteiger partial charge in [-0.3, -0.25) is 4.79 Å². The minimum Gasteiger partial charge on any atom is -0.493 e. The lowest BCUT2D eigenvalue weighted by Gasteiger charge is -2.06. The van der Waals surface area contributed by atoms with Gasteiger partial charge in [0.15, 0.2) is 0 Å². The van der Waals surface area contributed by atoms with Gasteiger partial charge in [-0.1, -0.05) is 5.16 Å². The first-order valence-electron chi connectivity index (χ1n) is 6.31. The summed E-state index contributed by atoms with van der Waals surface area (Å²) in [6, 6.07) is 8.83. The van der Waals surface area contributed by atoms with E-state index in [1.807, 2.05) is 0 Å². The zero-order valence-corrected chi connectivity index (χ0v) is 11.3. The number of benzene rings is 1. The third-order valence-corrected chi connectivity index (χ3v) is 2.62. The van der Waals surface area contributed by atoms with E-state index in [-0.39, 0.29) is 12.3 Å². The molecule has 0 aliphatic rings. The fraction of sp³-hybridized carbons (Fsp3) is 0.286. The van der Waals surface area contributed by atoms with Crippen LogP contribution in [0.1, 0.15) is 17.9 Å². The van der Waals surface area contributed by atoms with Gasteiger partial charge in [0.1, 0.15) is 17.2 Å². The van der Waals surface area contributed by atoms with Gasteiger partial charge < -0.3 is 20.3 Å². The van der Waals surface area contributed by atoms with Crippen LogP contribution in [0.15, 0.2) is 34.9 Å². The molecule has 106 valence electrons. The molecule has 0 radical (unpaired) electrons. The Morgan fingerprint density at radius 1 is 1.40 bits per heavy atom. The Kier molecular flexibility index (Phi) is 4.60. The standard InChI is InChI=1S/C14H17N3O3/c1-10-8-12(17-20-10)9-16-14(18)6-7-19-13-4-2-11(15)3-5-13/h2-5,8H,6-7,9,15H2,1H3,(H,16,18). The van der Waals surface area contributed by atoms with Crippen molar-refractivity contribution in [3.8, 4) is 5.75 Å². The Balaban J connectivity index is 1.66. The third-order valence-electron chi connectivity index (χ3n) is 2.62. The second-order valence-corrected chi connectivity index (χ2v) is 4.37. The van der Waals surface area contributed by atoms with Crippen molar-refractivity contribution >= 4 is 11.6 Å². The first kappa shape index (κ1) is 13.9. The normalized spacial score (nSPS) is 10.2. The number of aromatic nitrogens is 1. The molecule has 0 fully saturated rings. The lowest BCUT2D eigenvalue weighted by molar-refractivity contribution is -0.121. The summed E-state index contributed by atoms with van der Waals surface area (Å²) in [5, 5.41) is 6.54. The summed E-state index contributed by atoms with van der Waals surface area (Å²) in [7, 11) is 0. The van der Waals surface area contributed by atoms with Crippen molar-refractivity contribution in [1.29, 1.82) is 0 Å². The van der Waals surface area contributed by atoms with Crippen LogP contribution in [-0.2, 0) is 11.3 Å². The predicted molar refractivity (Wildman–Crippen MR) is 74.1 cm³/mol. The molecule has 20 heavy (non-hydrogen) atoms. The molecule has 0 atom stereocenters. The van der Waals surface area contributed by atoms with Crippen LogP contribution >= 0.6 is 0 Å². The van der Waals surface area contributed by atoms with E-state index in [0.29, 0.717) is 30.3 Å². The molecule has 0 saturated heterocycles. The number of hydrogen-bond donors (Lipinski definition) is 2. The maximum atomic E-state index is 11.6. The highest BCUT2D eigenvalue weighted by Crippen LogP contribution is 2.13. The summed E-state index contributed by atoms with van der Waals surface area (Å²) in [5.41, 5.74) is 6.95. The van der Waals surface area contributed by atoms with Crippen LogP contribution in [0.25, 0.3) is 0 Å². The summed E-state index contributed by atoms with van der Waals surface area (Å²) >= 11 is 0. The number of amides is 1. The van der Waals surface area contributed by atoms with Crippen molar-refractivity contribution < 1.29 is 14.1 Å². The van der Waals surface area contributed by atoms with Crippen LogP contribution in [0, 0.1) is 6.92 Å². The average Bonchev–Trinajstić information content (AvgIpc) is 2.85. The van der Waals surface area contributed by atoms with Crippen molar-refractivity contribution in [1.82, 2.24) is 10.5 Å². The number of rotatable bonds is 6. The van der Waals surface area contributed by atoms with Crippen LogP contribution < -0.4 is 15.8 Å². The highest BCUT2D eigenvalue weighted by Gasteiger charge is 2.04. The van der Waals surface area contributed by atoms with Gasteiger partial charge in [-0.15, -0.1) is 0 Å². The average molecular weight is 275 g/mol. The Bertz CT molecular complexity index is 563. The first-order chi connectivity index (χ1) is 9.63. The van der Waals surface area contributed by atoms with Crippen molar-refractivity contribution in [2.45, 2.75) is 19.9 Å². The van der Waals surface area contributed by atoms with Gasteiger partial charge >= 0.3 is 0 Å². The van der Waals surface area contributed by atoms with Crippen LogP contribution in [0.2, 0.25) is 0 Å². The molecule has 3 N–H and O–H groups in total. The van der Waals surface area contributed by atoms with E-state index < -0.39 is 0 Å². The zero-order valence-electron chi connectivity index (χ0n) is 11.3. The molecule has 0 spiro atoms. The number of ether oxygens (including phenoxy) is 1. The van der Waals surface area contributed by atoms with E-state index >= 15 is 0 Å². The summed E-state index contributed by atoms with van der Waals surface area (Å²) in [6.45, 7) is 2.48.